The predicted molar refractivity (Wildman–Crippen MR) is 93.0 cm³/mol. The molecular weight excluding hydrogens is 324 g/mol. The standard InChI is InChI=1S/C19H15F2N3O/c1-12-3-2-4-14(7-12)23-16-8-13(10-22-11-16)19(25)24-15-5-6-17(20)18(21)9-15/h2-11,23H,1H3,(H,24,25). The van der Waals surface area contributed by atoms with Crippen LogP contribution in [0.4, 0.5) is 25.8 Å². The molecule has 6 heteroatoms. The first-order chi connectivity index (χ1) is 12.0. The van der Waals surface area contributed by atoms with Crippen LogP contribution in [0.15, 0.2) is 60.9 Å². The minimum Gasteiger partial charge on any atom is -0.354 e. The number of amides is 1. The van der Waals surface area contributed by atoms with Crippen LogP contribution in [0.1, 0.15) is 15.9 Å². The number of carbonyl (C=O) groups is 1. The molecular formula is C19H15F2N3O. The number of halogens is 2. The molecule has 0 fully saturated rings. The van der Waals surface area contributed by atoms with Crippen molar-refractivity contribution >= 4 is 23.0 Å². The molecule has 1 heterocycles. The number of hydrogen-bond acceptors (Lipinski definition) is 3. The second-order valence-corrected chi connectivity index (χ2v) is 5.54. The Kier molecular flexibility index (Phi) is 4.70. The first kappa shape index (κ1) is 16.6. The molecule has 0 bridgehead atoms. The van der Waals surface area contributed by atoms with Gasteiger partial charge in [-0.25, -0.2) is 8.78 Å². The molecule has 0 saturated carbocycles. The van der Waals surface area contributed by atoms with Crippen LogP contribution < -0.4 is 10.6 Å². The highest BCUT2D eigenvalue weighted by atomic mass is 19.2. The zero-order chi connectivity index (χ0) is 17.8. The van der Waals surface area contributed by atoms with Crippen molar-refractivity contribution in [3.8, 4) is 0 Å². The fourth-order valence-electron chi connectivity index (χ4n) is 2.30. The quantitative estimate of drug-likeness (QED) is 0.727. The number of hydrogen-bond donors (Lipinski definition) is 2. The van der Waals surface area contributed by atoms with Crippen molar-refractivity contribution in [2.45, 2.75) is 6.92 Å². The van der Waals surface area contributed by atoms with Crippen LogP contribution in [0.25, 0.3) is 0 Å². The van der Waals surface area contributed by atoms with Gasteiger partial charge in [-0.05, 0) is 42.8 Å². The van der Waals surface area contributed by atoms with Crippen LogP contribution >= 0.6 is 0 Å². The van der Waals surface area contributed by atoms with Gasteiger partial charge in [0.1, 0.15) is 0 Å². The Morgan fingerprint density at radius 3 is 2.52 bits per heavy atom. The molecule has 0 unspecified atom stereocenters. The molecule has 2 N–H and O–H groups in total. The van der Waals surface area contributed by atoms with Gasteiger partial charge in [-0.1, -0.05) is 12.1 Å². The van der Waals surface area contributed by atoms with E-state index in [1.54, 1.807) is 12.3 Å². The smallest absolute Gasteiger partial charge is 0.257 e. The number of nitrogens with zero attached hydrogens (tertiary/aromatic N) is 1. The van der Waals surface area contributed by atoms with Gasteiger partial charge in [0.15, 0.2) is 11.6 Å². The molecule has 0 spiro atoms. The van der Waals surface area contributed by atoms with Gasteiger partial charge >= 0.3 is 0 Å². The average Bonchev–Trinajstić information content (AvgIpc) is 2.58. The van der Waals surface area contributed by atoms with Gasteiger partial charge in [0.2, 0.25) is 0 Å². The van der Waals surface area contributed by atoms with Gasteiger partial charge in [-0.3, -0.25) is 9.78 Å². The van der Waals surface area contributed by atoms with Crippen molar-refractivity contribution in [2.24, 2.45) is 0 Å². The van der Waals surface area contributed by atoms with E-state index >= 15 is 0 Å². The van der Waals surface area contributed by atoms with Crippen LogP contribution in [0.3, 0.4) is 0 Å². The highest BCUT2D eigenvalue weighted by Gasteiger charge is 2.10. The van der Waals surface area contributed by atoms with Crippen molar-refractivity contribution < 1.29 is 13.6 Å². The second-order valence-electron chi connectivity index (χ2n) is 5.54. The summed E-state index contributed by atoms with van der Waals surface area (Å²) in [5.41, 5.74) is 3.08. The summed E-state index contributed by atoms with van der Waals surface area (Å²) in [6.45, 7) is 1.98. The molecule has 3 rings (SSSR count). The fourth-order valence-corrected chi connectivity index (χ4v) is 2.30. The number of aromatic nitrogens is 1. The third kappa shape index (κ3) is 4.17. The maximum atomic E-state index is 13.2. The Morgan fingerprint density at radius 2 is 1.76 bits per heavy atom. The van der Waals surface area contributed by atoms with Crippen molar-refractivity contribution in [1.29, 1.82) is 0 Å². The first-order valence-corrected chi connectivity index (χ1v) is 7.56. The van der Waals surface area contributed by atoms with Crippen LogP contribution in [0.2, 0.25) is 0 Å². The van der Waals surface area contributed by atoms with Gasteiger partial charge in [0.05, 0.1) is 17.4 Å². The predicted octanol–water partition coefficient (Wildman–Crippen LogP) is 4.66. The molecule has 126 valence electrons. The third-order valence-corrected chi connectivity index (χ3v) is 3.48. The summed E-state index contributed by atoms with van der Waals surface area (Å²) in [5, 5.41) is 5.68. The molecule has 0 aliphatic rings. The minimum absolute atomic E-state index is 0.168. The van der Waals surface area contributed by atoms with Crippen molar-refractivity contribution in [1.82, 2.24) is 4.98 Å². The lowest BCUT2D eigenvalue weighted by atomic mass is 10.2. The Morgan fingerprint density at radius 1 is 0.920 bits per heavy atom. The van der Waals surface area contributed by atoms with Gasteiger partial charge in [-0.15, -0.1) is 0 Å². The lowest BCUT2D eigenvalue weighted by Crippen LogP contribution is -2.12. The summed E-state index contributed by atoms with van der Waals surface area (Å²) in [6, 6.07) is 12.6. The Balaban J connectivity index is 1.76. The summed E-state index contributed by atoms with van der Waals surface area (Å²) in [7, 11) is 0. The van der Waals surface area contributed by atoms with Crippen molar-refractivity contribution in [3.63, 3.8) is 0 Å². The summed E-state index contributed by atoms with van der Waals surface area (Å²) in [4.78, 5) is 16.3. The molecule has 0 saturated heterocycles. The van der Waals surface area contributed by atoms with E-state index in [1.165, 1.54) is 12.3 Å². The zero-order valence-electron chi connectivity index (χ0n) is 13.4. The number of benzene rings is 2. The number of carbonyl (C=O) groups excluding carboxylic acids is 1. The molecule has 0 aliphatic heterocycles. The summed E-state index contributed by atoms with van der Waals surface area (Å²) in [6.07, 6.45) is 2.99. The fraction of sp³-hybridized carbons (Fsp3) is 0.0526. The van der Waals surface area contributed by atoms with Gasteiger partial charge in [0.25, 0.3) is 5.91 Å². The number of pyridine rings is 1. The first-order valence-electron chi connectivity index (χ1n) is 7.56. The molecule has 4 nitrogen and oxygen atoms in total. The van der Waals surface area contributed by atoms with E-state index in [9.17, 15) is 13.6 Å². The maximum absolute atomic E-state index is 13.2. The van der Waals surface area contributed by atoms with E-state index in [0.717, 1.165) is 23.4 Å². The van der Waals surface area contributed by atoms with Crippen LogP contribution in [0, 0.1) is 18.6 Å². The lowest BCUT2D eigenvalue weighted by Gasteiger charge is -2.09. The minimum atomic E-state index is -1.02. The van der Waals surface area contributed by atoms with E-state index < -0.39 is 17.5 Å². The highest BCUT2D eigenvalue weighted by Crippen LogP contribution is 2.19. The summed E-state index contributed by atoms with van der Waals surface area (Å²) in [5.74, 6) is -2.46. The third-order valence-electron chi connectivity index (χ3n) is 3.48. The van der Waals surface area contributed by atoms with Crippen LogP contribution in [-0.2, 0) is 0 Å². The number of aryl methyl sites for hydroxylation is 1. The largest absolute Gasteiger partial charge is 0.354 e. The molecule has 2 aromatic carbocycles. The topological polar surface area (TPSA) is 54.0 Å². The number of rotatable bonds is 4. The lowest BCUT2D eigenvalue weighted by molar-refractivity contribution is 0.102. The number of anilines is 3. The van der Waals surface area contributed by atoms with Gasteiger partial charge in [0, 0.05) is 23.6 Å². The molecule has 0 aliphatic carbocycles. The van der Waals surface area contributed by atoms with Crippen LogP contribution in [-0.4, -0.2) is 10.9 Å². The Hall–Kier alpha value is -3.28. The monoisotopic (exact) mass is 339 g/mol. The zero-order valence-corrected chi connectivity index (χ0v) is 13.4. The van der Waals surface area contributed by atoms with Crippen molar-refractivity contribution in [2.75, 3.05) is 10.6 Å². The Bertz CT molecular complexity index is 928. The Labute approximate surface area is 143 Å². The average molecular weight is 339 g/mol. The molecule has 3 aromatic rings. The van der Waals surface area contributed by atoms with Crippen molar-refractivity contribution in [3.05, 3.63) is 83.7 Å². The highest BCUT2D eigenvalue weighted by molar-refractivity contribution is 6.04. The number of nitrogens with one attached hydrogen (secondary N) is 2. The van der Waals surface area contributed by atoms with E-state index in [0.29, 0.717) is 11.3 Å². The molecule has 0 atom stereocenters. The van der Waals surface area contributed by atoms with E-state index in [-0.39, 0.29) is 5.69 Å². The summed E-state index contributed by atoms with van der Waals surface area (Å²) >= 11 is 0. The van der Waals surface area contributed by atoms with Gasteiger partial charge in [-0.2, -0.15) is 0 Å². The molecule has 1 aromatic heterocycles. The van der Waals surface area contributed by atoms with E-state index in [4.69, 9.17) is 0 Å². The van der Waals surface area contributed by atoms with Crippen LogP contribution in [0.5, 0.6) is 0 Å². The van der Waals surface area contributed by atoms with Gasteiger partial charge < -0.3 is 10.6 Å². The summed E-state index contributed by atoms with van der Waals surface area (Å²) < 4.78 is 26.2. The normalized spacial score (nSPS) is 10.4. The SMILES string of the molecule is Cc1cccc(Nc2cncc(C(=O)Nc3ccc(F)c(F)c3)c2)c1. The van der Waals surface area contributed by atoms with E-state index in [2.05, 4.69) is 15.6 Å². The molecule has 1 amide bonds. The maximum Gasteiger partial charge on any atom is 0.257 e. The van der Waals surface area contributed by atoms with E-state index in [1.807, 2.05) is 31.2 Å². The molecule has 0 radical (unpaired) electrons. The second kappa shape index (κ2) is 7.09. The molecule has 25 heavy (non-hydrogen) atoms.